The summed E-state index contributed by atoms with van der Waals surface area (Å²) in [5, 5.41) is 0. The molecule has 0 saturated carbocycles. The van der Waals surface area contributed by atoms with Crippen molar-refractivity contribution in [1.29, 1.82) is 0 Å². The molecule has 0 aliphatic rings. The lowest BCUT2D eigenvalue weighted by molar-refractivity contribution is 0.0972. The van der Waals surface area contributed by atoms with Crippen molar-refractivity contribution in [2.75, 3.05) is 7.11 Å². The molecule has 0 unspecified atom stereocenters. The van der Waals surface area contributed by atoms with Crippen molar-refractivity contribution in [3.05, 3.63) is 59.7 Å². The van der Waals surface area contributed by atoms with Gasteiger partial charge in [0.1, 0.15) is 10.6 Å². The lowest BCUT2D eigenvalue weighted by Crippen LogP contribution is -2.32. The molecule has 0 aliphatic carbocycles. The minimum Gasteiger partial charge on any atom is -0.496 e. The quantitative estimate of drug-likeness (QED) is 0.843. The molecule has 0 spiro atoms. The Morgan fingerprint density at radius 1 is 1.00 bits per heavy atom. The highest BCUT2D eigenvalue weighted by Crippen LogP contribution is 2.19. The van der Waals surface area contributed by atoms with Crippen LogP contribution in [0.1, 0.15) is 20.7 Å². The van der Waals surface area contributed by atoms with Crippen molar-refractivity contribution in [1.82, 2.24) is 4.72 Å². The molecule has 3 N–H and O–H groups in total. The maximum Gasteiger partial charge on any atom is 0.268 e. The second-order valence-corrected chi connectivity index (χ2v) is 6.15. The molecule has 120 valence electrons. The maximum atomic E-state index is 12.4. The standard InChI is InChI=1S/C15H14N2O5S/c1-22-12-8-4-2-6-10(12)15(19)17-23(20,21)13-9-5-3-7-11(13)14(16)18/h2-9H,1H3,(H2,16,18)(H,17,19). The van der Waals surface area contributed by atoms with Crippen LogP contribution in [-0.4, -0.2) is 27.3 Å². The molecule has 0 aliphatic heterocycles. The summed E-state index contributed by atoms with van der Waals surface area (Å²) in [7, 11) is -2.90. The first kappa shape index (κ1) is 16.5. The lowest BCUT2D eigenvalue weighted by atomic mass is 10.2. The minimum absolute atomic E-state index is 0.0510. The van der Waals surface area contributed by atoms with Crippen molar-refractivity contribution >= 4 is 21.8 Å². The van der Waals surface area contributed by atoms with Gasteiger partial charge in [-0.15, -0.1) is 0 Å². The Hall–Kier alpha value is -2.87. The van der Waals surface area contributed by atoms with Crippen molar-refractivity contribution in [2.24, 2.45) is 5.73 Å². The molecule has 0 radical (unpaired) electrons. The average Bonchev–Trinajstić information content (AvgIpc) is 2.54. The van der Waals surface area contributed by atoms with Gasteiger partial charge in [-0.1, -0.05) is 24.3 Å². The monoisotopic (exact) mass is 334 g/mol. The largest absolute Gasteiger partial charge is 0.496 e. The molecule has 0 bridgehead atoms. The molecule has 2 amide bonds. The van der Waals surface area contributed by atoms with Gasteiger partial charge in [-0.2, -0.15) is 0 Å². The van der Waals surface area contributed by atoms with Gasteiger partial charge in [0.05, 0.1) is 18.2 Å². The molecular weight excluding hydrogens is 320 g/mol. The van der Waals surface area contributed by atoms with Crippen LogP contribution < -0.4 is 15.2 Å². The van der Waals surface area contributed by atoms with Gasteiger partial charge in [-0.3, -0.25) is 9.59 Å². The SMILES string of the molecule is COc1ccccc1C(=O)NS(=O)(=O)c1ccccc1C(N)=O. The number of carbonyl (C=O) groups excluding carboxylic acids is 2. The van der Waals surface area contributed by atoms with Crippen LogP contribution >= 0.6 is 0 Å². The molecule has 0 fully saturated rings. The summed E-state index contributed by atoms with van der Waals surface area (Å²) in [5.41, 5.74) is 5.01. The number of benzene rings is 2. The fraction of sp³-hybridized carbons (Fsp3) is 0.0667. The summed E-state index contributed by atoms with van der Waals surface area (Å²) >= 11 is 0. The van der Waals surface area contributed by atoms with Crippen LogP contribution in [0.5, 0.6) is 5.75 Å². The zero-order chi connectivity index (χ0) is 17.0. The Morgan fingerprint density at radius 2 is 1.57 bits per heavy atom. The molecule has 2 aromatic rings. The van der Waals surface area contributed by atoms with E-state index < -0.39 is 21.8 Å². The topological polar surface area (TPSA) is 116 Å². The number of carbonyl (C=O) groups is 2. The third-order valence-corrected chi connectivity index (χ3v) is 4.41. The van der Waals surface area contributed by atoms with Gasteiger partial charge >= 0.3 is 0 Å². The van der Waals surface area contributed by atoms with Crippen LogP contribution in [0.4, 0.5) is 0 Å². The second kappa shape index (κ2) is 6.49. The zero-order valence-corrected chi connectivity index (χ0v) is 13.0. The Morgan fingerprint density at radius 3 is 2.17 bits per heavy atom. The van der Waals surface area contributed by atoms with Gasteiger partial charge < -0.3 is 10.5 Å². The fourth-order valence-corrected chi connectivity index (χ4v) is 3.15. The number of sulfonamides is 1. The minimum atomic E-state index is -4.26. The number of nitrogens with one attached hydrogen (secondary N) is 1. The summed E-state index contributed by atoms with van der Waals surface area (Å²) in [4.78, 5) is 23.2. The van der Waals surface area contributed by atoms with Crippen LogP contribution in [0, 0.1) is 0 Å². The first-order valence-corrected chi connectivity index (χ1v) is 7.94. The number of primary amides is 1. The summed E-state index contributed by atoms with van der Waals surface area (Å²) < 4.78 is 31.6. The maximum absolute atomic E-state index is 12.4. The number of amides is 2. The van der Waals surface area contributed by atoms with Crippen LogP contribution in [-0.2, 0) is 10.0 Å². The van der Waals surface area contributed by atoms with E-state index in [1.165, 1.54) is 43.5 Å². The van der Waals surface area contributed by atoms with Gasteiger partial charge in [0.25, 0.3) is 15.9 Å². The predicted molar refractivity (Wildman–Crippen MR) is 82.6 cm³/mol. The number of ether oxygens (including phenoxy) is 1. The van der Waals surface area contributed by atoms with Gasteiger partial charge in [0.2, 0.25) is 5.91 Å². The third kappa shape index (κ3) is 3.49. The van der Waals surface area contributed by atoms with E-state index in [1.807, 2.05) is 4.72 Å². The van der Waals surface area contributed by atoms with E-state index in [1.54, 1.807) is 12.1 Å². The van der Waals surface area contributed by atoms with Crippen molar-refractivity contribution < 1.29 is 22.7 Å². The van der Waals surface area contributed by atoms with Gasteiger partial charge in [-0.05, 0) is 24.3 Å². The zero-order valence-electron chi connectivity index (χ0n) is 12.1. The average molecular weight is 334 g/mol. The van der Waals surface area contributed by atoms with Crippen LogP contribution in [0.2, 0.25) is 0 Å². The first-order valence-electron chi connectivity index (χ1n) is 6.46. The summed E-state index contributed by atoms with van der Waals surface area (Å²) in [6.07, 6.45) is 0. The van der Waals surface area contributed by atoms with E-state index in [0.717, 1.165) is 0 Å². The summed E-state index contributed by atoms with van der Waals surface area (Å²) in [6, 6.07) is 11.5. The predicted octanol–water partition coefficient (Wildman–Crippen LogP) is 0.913. The molecular formula is C15H14N2O5S. The third-order valence-electron chi connectivity index (χ3n) is 3.02. The molecule has 0 heterocycles. The molecule has 2 rings (SSSR count). The highest BCUT2D eigenvalue weighted by Gasteiger charge is 2.24. The molecule has 23 heavy (non-hydrogen) atoms. The first-order chi connectivity index (χ1) is 10.9. The number of methoxy groups -OCH3 is 1. The van der Waals surface area contributed by atoms with Crippen LogP contribution in [0.25, 0.3) is 0 Å². The molecule has 0 aromatic heterocycles. The smallest absolute Gasteiger partial charge is 0.268 e. The Kier molecular flexibility index (Phi) is 4.65. The van der Waals surface area contributed by atoms with E-state index in [9.17, 15) is 18.0 Å². The van der Waals surface area contributed by atoms with E-state index in [4.69, 9.17) is 10.5 Å². The van der Waals surface area contributed by atoms with Crippen molar-refractivity contribution in [3.63, 3.8) is 0 Å². The van der Waals surface area contributed by atoms with E-state index in [-0.39, 0.29) is 21.8 Å². The lowest BCUT2D eigenvalue weighted by Gasteiger charge is -2.11. The number of hydrogen-bond acceptors (Lipinski definition) is 5. The molecule has 2 aromatic carbocycles. The van der Waals surface area contributed by atoms with Gasteiger partial charge in [0, 0.05) is 0 Å². The Bertz CT molecular complexity index is 862. The highest BCUT2D eigenvalue weighted by atomic mass is 32.2. The fourth-order valence-electron chi connectivity index (χ4n) is 1.97. The molecule has 0 saturated heterocycles. The van der Waals surface area contributed by atoms with Gasteiger partial charge in [0.15, 0.2) is 0 Å². The van der Waals surface area contributed by atoms with E-state index in [2.05, 4.69) is 0 Å². The van der Waals surface area contributed by atoms with E-state index >= 15 is 0 Å². The Balaban J connectivity index is 2.39. The number of nitrogens with two attached hydrogens (primary N) is 1. The Labute approximate surface area is 133 Å². The highest BCUT2D eigenvalue weighted by molar-refractivity contribution is 7.90. The second-order valence-electron chi connectivity index (χ2n) is 4.50. The number of para-hydroxylation sites is 1. The molecule has 7 nitrogen and oxygen atoms in total. The molecule has 8 heteroatoms. The number of hydrogen-bond donors (Lipinski definition) is 2. The van der Waals surface area contributed by atoms with Crippen molar-refractivity contribution in [3.8, 4) is 5.75 Å². The molecule has 0 atom stereocenters. The van der Waals surface area contributed by atoms with E-state index in [0.29, 0.717) is 0 Å². The summed E-state index contributed by atoms with van der Waals surface area (Å²) in [5.74, 6) is -1.55. The van der Waals surface area contributed by atoms with Crippen LogP contribution in [0.15, 0.2) is 53.4 Å². The normalized spacial score (nSPS) is 10.8. The van der Waals surface area contributed by atoms with Crippen molar-refractivity contribution in [2.45, 2.75) is 4.90 Å². The van der Waals surface area contributed by atoms with Crippen LogP contribution in [0.3, 0.4) is 0 Å². The number of rotatable bonds is 5. The van der Waals surface area contributed by atoms with Gasteiger partial charge in [-0.25, -0.2) is 13.1 Å². The summed E-state index contributed by atoms with van der Waals surface area (Å²) in [6.45, 7) is 0.